The molecule has 3 rings (SSSR count). The van der Waals surface area contributed by atoms with Crippen LogP contribution in [0.1, 0.15) is 25.7 Å². The molecular formula is C15H21BrN2O4S2. The average Bonchev–Trinajstić information content (AvgIpc) is 3.03. The number of carbonyl (C=O) groups is 1. The summed E-state index contributed by atoms with van der Waals surface area (Å²) in [6.07, 6.45) is 3.29. The third-order valence-electron chi connectivity index (χ3n) is 4.40. The SMILES string of the molecule is O=C(NC1CCCOC1)C1CCCN(S(=O)(=O)c2ccc(Br)s2)C1. The molecule has 0 aliphatic carbocycles. The molecule has 1 amide bonds. The van der Waals surface area contributed by atoms with Gasteiger partial charge in [0.1, 0.15) is 4.21 Å². The van der Waals surface area contributed by atoms with Crippen LogP contribution in [0.3, 0.4) is 0 Å². The molecule has 1 N–H and O–H groups in total. The van der Waals surface area contributed by atoms with E-state index < -0.39 is 10.0 Å². The van der Waals surface area contributed by atoms with Crippen molar-refractivity contribution in [2.45, 2.75) is 35.9 Å². The van der Waals surface area contributed by atoms with Crippen LogP contribution in [0.15, 0.2) is 20.1 Å². The fraction of sp³-hybridized carbons (Fsp3) is 0.667. The molecule has 0 bridgehead atoms. The predicted octanol–water partition coefficient (Wildman–Crippen LogP) is 2.21. The number of hydrogen-bond donors (Lipinski definition) is 1. The molecule has 9 heteroatoms. The number of sulfonamides is 1. The van der Waals surface area contributed by atoms with E-state index in [2.05, 4.69) is 21.2 Å². The number of hydrogen-bond acceptors (Lipinski definition) is 5. The van der Waals surface area contributed by atoms with Gasteiger partial charge in [-0.3, -0.25) is 4.79 Å². The molecule has 2 atom stereocenters. The summed E-state index contributed by atoms with van der Waals surface area (Å²) in [5, 5.41) is 3.01. The van der Waals surface area contributed by atoms with E-state index >= 15 is 0 Å². The van der Waals surface area contributed by atoms with E-state index in [1.54, 1.807) is 12.1 Å². The molecule has 0 spiro atoms. The van der Waals surface area contributed by atoms with Crippen LogP contribution < -0.4 is 5.32 Å². The molecule has 0 aromatic carbocycles. The van der Waals surface area contributed by atoms with E-state index in [1.807, 2.05) is 0 Å². The Balaban J connectivity index is 1.64. The van der Waals surface area contributed by atoms with Crippen LogP contribution in [-0.2, 0) is 19.6 Å². The molecule has 2 aliphatic rings. The maximum absolute atomic E-state index is 12.7. The lowest BCUT2D eigenvalue weighted by molar-refractivity contribution is -0.127. The van der Waals surface area contributed by atoms with Crippen LogP contribution in [0, 0.1) is 5.92 Å². The number of halogens is 1. The summed E-state index contributed by atoms with van der Waals surface area (Å²) in [5.41, 5.74) is 0. The van der Waals surface area contributed by atoms with Gasteiger partial charge in [0.25, 0.3) is 10.0 Å². The first kappa shape index (κ1) is 18.3. The monoisotopic (exact) mass is 436 g/mol. The molecule has 134 valence electrons. The summed E-state index contributed by atoms with van der Waals surface area (Å²) in [6.45, 7) is 2.01. The number of rotatable bonds is 4. The second kappa shape index (κ2) is 7.82. The van der Waals surface area contributed by atoms with Crippen LogP contribution in [0.2, 0.25) is 0 Å². The van der Waals surface area contributed by atoms with E-state index in [0.29, 0.717) is 23.8 Å². The summed E-state index contributed by atoms with van der Waals surface area (Å²) >= 11 is 4.49. The molecule has 2 aliphatic heterocycles. The highest BCUT2D eigenvalue weighted by Gasteiger charge is 2.34. The maximum atomic E-state index is 12.7. The van der Waals surface area contributed by atoms with Crippen molar-refractivity contribution in [3.63, 3.8) is 0 Å². The number of carbonyl (C=O) groups excluding carboxylic acids is 1. The van der Waals surface area contributed by atoms with Gasteiger partial charge in [0.2, 0.25) is 5.91 Å². The average molecular weight is 437 g/mol. The molecule has 0 radical (unpaired) electrons. The van der Waals surface area contributed by atoms with Gasteiger partial charge in [0.05, 0.1) is 22.4 Å². The standard InChI is InChI=1S/C15H21BrN2O4S2/c16-13-5-6-14(23-13)24(20,21)18-7-1-3-11(9-18)15(19)17-12-4-2-8-22-10-12/h5-6,11-12H,1-4,7-10H2,(H,17,19). The first-order chi connectivity index (χ1) is 11.5. The van der Waals surface area contributed by atoms with E-state index in [0.717, 1.165) is 29.7 Å². The van der Waals surface area contributed by atoms with Gasteiger partial charge in [-0.25, -0.2) is 8.42 Å². The van der Waals surface area contributed by atoms with Crippen LogP contribution in [0.25, 0.3) is 0 Å². The molecule has 6 nitrogen and oxygen atoms in total. The highest BCUT2D eigenvalue weighted by Crippen LogP contribution is 2.31. The Morgan fingerprint density at radius 2 is 2.17 bits per heavy atom. The van der Waals surface area contributed by atoms with Gasteiger partial charge in [-0.05, 0) is 53.7 Å². The fourth-order valence-corrected chi connectivity index (χ4v) is 6.80. The highest BCUT2D eigenvalue weighted by molar-refractivity contribution is 9.11. The first-order valence-electron chi connectivity index (χ1n) is 8.10. The minimum atomic E-state index is -3.52. The quantitative estimate of drug-likeness (QED) is 0.784. The van der Waals surface area contributed by atoms with E-state index in [1.165, 1.54) is 15.6 Å². The number of ether oxygens (including phenoxy) is 1. The summed E-state index contributed by atoms with van der Waals surface area (Å²) in [6, 6.07) is 3.38. The lowest BCUT2D eigenvalue weighted by Gasteiger charge is -2.32. The number of piperidine rings is 1. The van der Waals surface area contributed by atoms with Gasteiger partial charge in [0.15, 0.2) is 0 Å². The fourth-order valence-electron chi connectivity index (χ4n) is 3.11. The molecule has 1 aromatic heterocycles. The number of nitrogens with zero attached hydrogens (tertiary/aromatic N) is 1. The summed E-state index contributed by atoms with van der Waals surface area (Å²) in [5.74, 6) is -0.350. The Labute approximate surface area is 154 Å². The van der Waals surface area contributed by atoms with Crippen molar-refractivity contribution in [1.82, 2.24) is 9.62 Å². The van der Waals surface area contributed by atoms with Gasteiger partial charge >= 0.3 is 0 Å². The van der Waals surface area contributed by atoms with Crippen molar-refractivity contribution in [2.75, 3.05) is 26.3 Å². The second-order valence-corrected chi connectivity index (χ2v) is 10.8. The summed E-state index contributed by atoms with van der Waals surface area (Å²) < 4.78 is 33.4. The third-order valence-corrected chi connectivity index (χ3v) is 8.36. The molecule has 3 heterocycles. The maximum Gasteiger partial charge on any atom is 0.252 e. The molecule has 2 saturated heterocycles. The molecule has 2 fully saturated rings. The number of thiophene rings is 1. The first-order valence-corrected chi connectivity index (χ1v) is 11.2. The van der Waals surface area contributed by atoms with Gasteiger partial charge in [0, 0.05) is 19.7 Å². The van der Waals surface area contributed by atoms with Crippen LogP contribution in [-0.4, -0.2) is 51.0 Å². The Kier molecular flexibility index (Phi) is 5.97. The molecule has 24 heavy (non-hydrogen) atoms. The Morgan fingerprint density at radius 1 is 1.33 bits per heavy atom. The predicted molar refractivity (Wildman–Crippen MR) is 95.5 cm³/mol. The van der Waals surface area contributed by atoms with E-state index in [4.69, 9.17) is 4.74 Å². The Hall–Kier alpha value is -0.480. The normalized spacial score (nSPS) is 26.2. The summed E-state index contributed by atoms with van der Waals surface area (Å²) in [4.78, 5) is 12.5. The zero-order valence-corrected chi connectivity index (χ0v) is 16.5. The largest absolute Gasteiger partial charge is 0.379 e. The number of nitrogens with one attached hydrogen (secondary N) is 1. The summed E-state index contributed by atoms with van der Waals surface area (Å²) in [7, 11) is -3.52. The Bertz CT molecular complexity index is 685. The van der Waals surface area contributed by atoms with Crippen molar-refractivity contribution in [3.8, 4) is 0 Å². The van der Waals surface area contributed by atoms with Gasteiger partial charge in [-0.2, -0.15) is 4.31 Å². The minimum Gasteiger partial charge on any atom is -0.379 e. The second-order valence-electron chi connectivity index (χ2n) is 6.18. The third kappa shape index (κ3) is 4.19. The Morgan fingerprint density at radius 3 is 2.83 bits per heavy atom. The molecule has 1 aromatic rings. The van der Waals surface area contributed by atoms with Crippen molar-refractivity contribution in [1.29, 1.82) is 0 Å². The van der Waals surface area contributed by atoms with Gasteiger partial charge in [-0.1, -0.05) is 0 Å². The van der Waals surface area contributed by atoms with E-state index in [-0.39, 0.29) is 24.4 Å². The van der Waals surface area contributed by atoms with Crippen LogP contribution in [0.5, 0.6) is 0 Å². The van der Waals surface area contributed by atoms with Gasteiger partial charge in [-0.15, -0.1) is 11.3 Å². The van der Waals surface area contributed by atoms with Crippen molar-refractivity contribution in [2.24, 2.45) is 5.92 Å². The zero-order valence-electron chi connectivity index (χ0n) is 13.2. The van der Waals surface area contributed by atoms with Gasteiger partial charge < -0.3 is 10.1 Å². The topological polar surface area (TPSA) is 75.7 Å². The van der Waals surface area contributed by atoms with Crippen LogP contribution >= 0.6 is 27.3 Å². The molecule has 2 unspecified atom stereocenters. The smallest absolute Gasteiger partial charge is 0.252 e. The van der Waals surface area contributed by atoms with Crippen molar-refractivity contribution >= 4 is 43.2 Å². The molecular weight excluding hydrogens is 416 g/mol. The lowest BCUT2D eigenvalue weighted by atomic mass is 9.98. The van der Waals surface area contributed by atoms with Crippen molar-refractivity contribution < 1.29 is 17.9 Å². The van der Waals surface area contributed by atoms with E-state index in [9.17, 15) is 13.2 Å². The van der Waals surface area contributed by atoms with Crippen LogP contribution in [0.4, 0.5) is 0 Å². The lowest BCUT2D eigenvalue weighted by Crippen LogP contribution is -2.49. The highest BCUT2D eigenvalue weighted by atomic mass is 79.9. The zero-order chi connectivity index (χ0) is 17.2. The minimum absolute atomic E-state index is 0.0477. The molecule has 0 saturated carbocycles. The van der Waals surface area contributed by atoms with Crippen molar-refractivity contribution in [3.05, 3.63) is 15.9 Å². The number of amides is 1.